The number of nitrogens with one attached hydrogen (secondary N) is 1. The largest absolute Gasteiger partial charge is 0.497 e. The quantitative estimate of drug-likeness (QED) is 0.746. The van der Waals surface area contributed by atoms with E-state index in [2.05, 4.69) is 5.32 Å². The van der Waals surface area contributed by atoms with Gasteiger partial charge < -0.3 is 14.5 Å². The second kappa shape index (κ2) is 6.51. The lowest BCUT2D eigenvalue weighted by atomic mass is 10.1. The molecule has 0 aliphatic heterocycles. The van der Waals surface area contributed by atoms with Gasteiger partial charge >= 0.3 is 6.18 Å². The van der Waals surface area contributed by atoms with E-state index in [1.807, 2.05) is 0 Å². The molecule has 0 fully saturated rings. The van der Waals surface area contributed by atoms with E-state index in [4.69, 9.17) is 9.15 Å². The first kappa shape index (κ1) is 16.9. The summed E-state index contributed by atoms with van der Waals surface area (Å²) < 4.78 is 48.1. The highest BCUT2D eigenvalue weighted by atomic mass is 19.4. The van der Waals surface area contributed by atoms with Gasteiger partial charge in [0.15, 0.2) is 0 Å². The fraction of sp³-hybridized carbons (Fsp3) is 0.167. The highest BCUT2D eigenvalue weighted by Crippen LogP contribution is 2.30. The summed E-state index contributed by atoms with van der Waals surface area (Å²) in [7, 11) is 1.54. The predicted octanol–water partition coefficient (Wildman–Crippen LogP) is 4.64. The van der Waals surface area contributed by atoms with Crippen molar-refractivity contribution in [2.75, 3.05) is 12.4 Å². The molecule has 0 saturated carbocycles. The average Bonchev–Trinajstić information content (AvgIpc) is 2.96. The van der Waals surface area contributed by atoms with Crippen LogP contribution >= 0.6 is 0 Å². The Labute approximate surface area is 141 Å². The summed E-state index contributed by atoms with van der Waals surface area (Å²) in [5, 5.41) is 3.35. The highest BCUT2D eigenvalue weighted by Gasteiger charge is 2.30. The molecule has 1 heterocycles. The number of benzene rings is 2. The van der Waals surface area contributed by atoms with Crippen LogP contribution in [0.1, 0.15) is 11.1 Å². The third-order valence-electron chi connectivity index (χ3n) is 3.71. The fourth-order valence-corrected chi connectivity index (χ4v) is 2.45. The van der Waals surface area contributed by atoms with Crippen molar-refractivity contribution < 1.29 is 27.1 Å². The predicted molar refractivity (Wildman–Crippen MR) is 86.5 cm³/mol. The number of hydrogen-bond acceptors (Lipinski definition) is 3. The number of carbonyl (C=O) groups excluding carboxylic acids is 1. The van der Waals surface area contributed by atoms with Crippen LogP contribution in [0.5, 0.6) is 5.75 Å². The Balaban J connectivity index is 1.70. The smallest absolute Gasteiger partial charge is 0.416 e. The third-order valence-corrected chi connectivity index (χ3v) is 3.71. The Bertz CT molecular complexity index is 898. The van der Waals surface area contributed by atoms with E-state index in [-0.39, 0.29) is 12.3 Å². The van der Waals surface area contributed by atoms with E-state index >= 15 is 0 Å². The number of hydrogen-bond donors (Lipinski definition) is 1. The molecule has 1 aromatic heterocycles. The first-order valence-corrected chi connectivity index (χ1v) is 7.38. The highest BCUT2D eigenvalue weighted by molar-refractivity contribution is 5.95. The molecule has 0 saturated heterocycles. The van der Waals surface area contributed by atoms with Crippen molar-refractivity contribution in [2.24, 2.45) is 0 Å². The molecule has 3 rings (SSSR count). The lowest BCUT2D eigenvalue weighted by molar-refractivity contribution is -0.137. The number of furan rings is 1. The van der Waals surface area contributed by atoms with Crippen LogP contribution in [0, 0.1) is 0 Å². The second-order valence-corrected chi connectivity index (χ2v) is 5.42. The van der Waals surface area contributed by atoms with Gasteiger partial charge in [-0.1, -0.05) is 0 Å². The van der Waals surface area contributed by atoms with Gasteiger partial charge in [0.1, 0.15) is 11.3 Å². The molecule has 0 bridgehead atoms. The lowest BCUT2D eigenvalue weighted by Crippen LogP contribution is -2.14. The Morgan fingerprint density at radius 2 is 1.88 bits per heavy atom. The molecule has 0 aliphatic carbocycles. The lowest BCUT2D eigenvalue weighted by Gasteiger charge is -2.08. The van der Waals surface area contributed by atoms with Crippen molar-refractivity contribution in [1.82, 2.24) is 0 Å². The number of carbonyl (C=O) groups is 1. The van der Waals surface area contributed by atoms with E-state index in [1.54, 1.807) is 25.3 Å². The number of methoxy groups -OCH3 is 1. The van der Waals surface area contributed by atoms with Gasteiger partial charge in [0.25, 0.3) is 0 Å². The number of anilines is 1. The number of alkyl halides is 3. The van der Waals surface area contributed by atoms with Gasteiger partial charge in [-0.3, -0.25) is 4.79 Å². The monoisotopic (exact) mass is 349 g/mol. The number of amides is 1. The van der Waals surface area contributed by atoms with Crippen LogP contribution in [-0.2, 0) is 17.4 Å². The maximum absolute atomic E-state index is 12.5. The standard InChI is InChI=1S/C18H14F3NO3/c1-24-14-6-7-15-11(10-25-16(15)9-14)8-17(23)22-13-4-2-12(3-5-13)18(19,20)21/h2-7,9-10H,8H2,1H3,(H,22,23). The Hall–Kier alpha value is -2.96. The van der Waals surface area contributed by atoms with E-state index in [0.29, 0.717) is 22.6 Å². The van der Waals surface area contributed by atoms with Crippen LogP contribution in [0.3, 0.4) is 0 Å². The molecule has 1 amide bonds. The van der Waals surface area contributed by atoms with Crippen molar-refractivity contribution in [3.63, 3.8) is 0 Å². The molecular formula is C18H14F3NO3. The number of rotatable bonds is 4. The maximum atomic E-state index is 12.5. The molecule has 1 N–H and O–H groups in total. The summed E-state index contributed by atoms with van der Waals surface area (Å²) in [6, 6.07) is 9.56. The zero-order valence-electron chi connectivity index (χ0n) is 13.2. The molecule has 2 aromatic carbocycles. The van der Waals surface area contributed by atoms with Gasteiger partial charge in [-0.25, -0.2) is 0 Å². The minimum Gasteiger partial charge on any atom is -0.497 e. The average molecular weight is 349 g/mol. The van der Waals surface area contributed by atoms with Crippen molar-refractivity contribution >= 4 is 22.6 Å². The Kier molecular flexibility index (Phi) is 4.39. The van der Waals surface area contributed by atoms with E-state index < -0.39 is 11.7 Å². The molecule has 0 atom stereocenters. The molecule has 0 aliphatic rings. The molecule has 0 radical (unpaired) electrons. The molecular weight excluding hydrogens is 335 g/mol. The van der Waals surface area contributed by atoms with Crippen molar-refractivity contribution in [3.05, 3.63) is 59.9 Å². The first-order chi connectivity index (χ1) is 11.9. The van der Waals surface area contributed by atoms with Crippen LogP contribution in [0.2, 0.25) is 0 Å². The van der Waals surface area contributed by atoms with Crippen LogP contribution in [-0.4, -0.2) is 13.0 Å². The SMILES string of the molecule is COc1ccc2c(CC(=O)Nc3ccc(C(F)(F)F)cc3)coc2c1. The first-order valence-electron chi connectivity index (χ1n) is 7.38. The summed E-state index contributed by atoms with van der Waals surface area (Å²) in [5.74, 6) is 0.292. The van der Waals surface area contributed by atoms with Gasteiger partial charge in [0.05, 0.1) is 25.4 Å². The third kappa shape index (κ3) is 3.76. The summed E-state index contributed by atoms with van der Waals surface area (Å²) in [5.41, 5.74) is 0.812. The zero-order valence-corrected chi connectivity index (χ0v) is 13.2. The minimum absolute atomic E-state index is 0.0420. The number of ether oxygens (including phenoxy) is 1. The van der Waals surface area contributed by atoms with Gasteiger partial charge in [-0.15, -0.1) is 0 Å². The molecule has 7 heteroatoms. The van der Waals surface area contributed by atoms with Gasteiger partial charge in [-0.2, -0.15) is 13.2 Å². The van der Waals surface area contributed by atoms with Crippen LogP contribution in [0.25, 0.3) is 11.0 Å². The molecule has 25 heavy (non-hydrogen) atoms. The minimum atomic E-state index is -4.40. The number of fused-ring (bicyclic) bond motifs is 1. The molecule has 130 valence electrons. The van der Waals surface area contributed by atoms with Crippen molar-refractivity contribution in [1.29, 1.82) is 0 Å². The summed E-state index contributed by atoms with van der Waals surface area (Å²) in [4.78, 5) is 12.1. The normalized spacial score (nSPS) is 11.5. The van der Waals surface area contributed by atoms with Crippen LogP contribution < -0.4 is 10.1 Å². The van der Waals surface area contributed by atoms with E-state index in [0.717, 1.165) is 17.5 Å². The maximum Gasteiger partial charge on any atom is 0.416 e. The van der Waals surface area contributed by atoms with Crippen LogP contribution in [0.15, 0.2) is 53.1 Å². The fourth-order valence-electron chi connectivity index (χ4n) is 2.45. The van der Waals surface area contributed by atoms with Crippen LogP contribution in [0.4, 0.5) is 18.9 Å². The molecule has 0 spiro atoms. The summed E-state index contributed by atoms with van der Waals surface area (Å²) in [6.45, 7) is 0. The van der Waals surface area contributed by atoms with E-state index in [9.17, 15) is 18.0 Å². The number of halogens is 3. The van der Waals surface area contributed by atoms with Crippen molar-refractivity contribution in [3.8, 4) is 5.75 Å². The van der Waals surface area contributed by atoms with Crippen molar-refractivity contribution in [2.45, 2.75) is 12.6 Å². The van der Waals surface area contributed by atoms with Gasteiger partial charge in [0, 0.05) is 22.7 Å². The van der Waals surface area contributed by atoms with Gasteiger partial charge in [0.2, 0.25) is 5.91 Å². The van der Waals surface area contributed by atoms with Gasteiger partial charge in [-0.05, 0) is 36.4 Å². The molecule has 0 unspecified atom stereocenters. The Morgan fingerprint density at radius 1 is 1.16 bits per heavy atom. The second-order valence-electron chi connectivity index (χ2n) is 5.42. The summed E-state index contributed by atoms with van der Waals surface area (Å²) in [6.07, 6.45) is -2.88. The topological polar surface area (TPSA) is 51.5 Å². The summed E-state index contributed by atoms with van der Waals surface area (Å²) >= 11 is 0. The Morgan fingerprint density at radius 3 is 2.52 bits per heavy atom. The molecule has 3 aromatic rings. The van der Waals surface area contributed by atoms with E-state index in [1.165, 1.54) is 18.4 Å². The zero-order chi connectivity index (χ0) is 18.0. The molecule has 4 nitrogen and oxygen atoms in total.